The molecule has 194 valence electrons. The van der Waals surface area contributed by atoms with Crippen molar-refractivity contribution >= 4 is 39.6 Å². The third-order valence-corrected chi connectivity index (χ3v) is 7.05. The Morgan fingerprint density at radius 1 is 1.19 bits per heavy atom. The Bertz CT molecular complexity index is 1430. The predicted octanol–water partition coefficient (Wildman–Crippen LogP) is 3.76. The van der Waals surface area contributed by atoms with Crippen LogP contribution in [-0.2, 0) is 17.9 Å². The first kappa shape index (κ1) is 24.8. The number of anilines is 2. The molecule has 1 unspecified atom stereocenters. The van der Waals surface area contributed by atoms with Crippen LogP contribution in [0.15, 0.2) is 42.5 Å². The van der Waals surface area contributed by atoms with Crippen LogP contribution >= 0.6 is 0 Å². The van der Waals surface area contributed by atoms with Gasteiger partial charge < -0.3 is 30.6 Å². The lowest BCUT2D eigenvalue weighted by atomic mass is 10.1. The molecule has 9 nitrogen and oxygen atoms in total. The summed E-state index contributed by atoms with van der Waals surface area (Å²) in [7, 11) is 3.55. The number of nitrogens with two attached hydrogens (primary N) is 1. The van der Waals surface area contributed by atoms with Crippen molar-refractivity contribution in [3.63, 3.8) is 0 Å². The van der Waals surface area contributed by atoms with Gasteiger partial charge in [-0.3, -0.25) is 4.79 Å². The predicted molar refractivity (Wildman–Crippen MR) is 148 cm³/mol. The lowest BCUT2D eigenvalue weighted by Crippen LogP contribution is -2.31. The maximum Gasteiger partial charge on any atom is 0.224 e. The first-order valence-corrected chi connectivity index (χ1v) is 12.9. The standard InChI is InChI=1S/C28H35N7O2/c1-4-5-12-30-27-26-25(32-28(29)33-27)21-8-6-7-9-22(21)35(26)16-19-13-18(10-11-23(19)37-3)15-31-20-14-24(36)34(2)17-20/h6-11,13,20,31H,4-5,12,14-17H2,1-3H3,(H3,29,30,32,33). The summed E-state index contributed by atoms with van der Waals surface area (Å²) in [6.07, 6.45) is 2.66. The number of likely N-dealkylation sites (N-methyl/N-ethyl adjacent to an activating group) is 1. The molecule has 5 rings (SSSR count). The fourth-order valence-electron chi connectivity index (χ4n) is 5.11. The van der Waals surface area contributed by atoms with E-state index in [0.717, 1.165) is 70.6 Å². The Hall–Kier alpha value is -3.85. The van der Waals surface area contributed by atoms with Crippen LogP contribution in [0.2, 0.25) is 0 Å². The van der Waals surface area contributed by atoms with Crippen LogP contribution in [0.5, 0.6) is 5.75 Å². The quantitative estimate of drug-likeness (QED) is 0.284. The van der Waals surface area contributed by atoms with E-state index in [1.807, 2.05) is 25.2 Å². The topological polar surface area (TPSA) is 110 Å². The fraction of sp³-hybridized carbons (Fsp3) is 0.393. The minimum Gasteiger partial charge on any atom is -0.496 e. The van der Waals surface area contributed by atoms with E-state index in [4.69, 9.17) is 10.5 Å². The van der Waals surface area contributed by atoms with Crippen molar-refractivity contribution in [1.82, 2.24) is 24.8 Å². The number of nitrogens with zero attached hydrogens (tertiary/aromatic N) is 4. The summed E-state index contributed by atoms with van der Waals surface area (Å²) in [6, 6.07) is 14.7. The van der Waals surface area contributed by atoms with Gasteiger partial charge in [0.2, 0.25) is 11.9 Å². The van der Waals surface area contributed by atoms with Crippen molar-refractivity contribution in [2.24, 2.45) is 0 Å². The van der Waals surface area contributed by atoms with Crippen LogP contribution in [-0.4, -0.2) is 58.6 Å². The van der Waals surface area contributed by atoms with Gasteiger partial charge in [0.25, 0.3) is 0 Å². The zero-order valence-corrected chi connectivity index (χ0v) is 21.8. The van der Waals surface area contributed by atoms with Crippen molar-refractivity contribution in [3.8, 4) is 5.75 Å². The highest BCUT2D eigenvalue weighted by Gasteiger charge is 2.26. The van der Waals surface area contributed by atoms with E-state index in [0.29, 0.717) is 19.5 Å². The molecule has 1 atom stereocenters. The smallest absolute Gasteiger partial charge is 0.224 e. The number of amides is 1. The summed E-state index contributed by atoms with van der Waals surface area (Å²) in [5.41, 5.74) is 11.2. The van der Waals surface area contributed by atoms with Gasteiger partial charge in [0.05, 0.1) is 19.2 Å². The first-order chi connectivity index (χ1) is 18.0. The number of unbranched alkanes of at least 4 members (excludes halogenated alkanes) is 1. The highest BCUT2D eigenvalue weighted by Crippen LogP contribution is 2.34. The summed E-state index contributed by atoms with van der Waals surface area (Å²) in [5, 5.41) is 8.06. The Morgan fingerprint density at radius 3 is 2.78 bits per heavy atom. The van der Waals surface area contributed by atoms with E-state index >= 15 is 0 Å². The van der Waals surface area contributed by atoms with Crippen LogP contribution < -0.4 is 21.1 Å². The van der Waals surface area contributed by atoms with Gasteiger partial charge in [-0.2, -0.15) is 4.98 Å². The normalized spacial score (nSPS) is 15.7. The molecule has 3 heterocycles. The van der Waals surface area contributed by atoms with E-state index < -0.39 is 0 Å². The lowest BCUT2D eigenvalue weighted by Gasteiger charge is -2.16. The van der Waals surface area contributed by atoms with Gasteiger partial charge >= 0.3 is 0 Å². The summed E-state index contributed by atoms with van der Waals surface area (Å²) in [6.45, 7) is 4.98. The van der Waals surface area contributed by atoms with Crippen LogP contribution in [0, 0.1) is 0 Å². The molecule has 4 N–H and O–H groups in total. The van der Waals surface area contributed by atoms with Gasteiger partial charge in [-0.25, -0.2) is 4.98 Å². The molecule has 0 spiro atoms. The number of methoxy groups -OCH3 is 1. The second-order valence-electron chi connectivity index (χ2n) is 9.71. The number of rotatable bonds is 10. The molecule has 0 bridgehead atoms. The fourth-order valence-corrected chi connectivity index (χ4v) is 5.11. The number of benzene rings is 2. The molecule has 2 aromatic heterocycles. The Kier molecular flexibility index (Phi) is 7.14. The zero-order chi connectivity index (χ0) is 25.9. The number of para-hydroxylation sites is 1. The number of nitrogens with one attached hydrogen (secondary N) is 2. The molecule has 9 heteroatoms. The molecule has 4 aromatic rings. The number of nitrogen functional groups attached to an aromatic ring is 1. The maximum atomic E-state index is 11.9. The number of ether oxygens (including phenoxy) is 1. The minimum atomic E-state index is 0.166. The third kappa shape index (κ3) is 5.04. The Morgan fingerprint density at radius 2 is 2.03 bits per heavy atom. The van der Waals surface area contributed by atoms with Crippen molar-refractivity contribution in [1.29, 1.82) is 0 Å². The number of hydrogen-bond donors (Lipinski definition) is 3. The Balaban J connectivity index is 1.52. The van der Waals surface area contributed by atoms with Crippen LogP contribution in [0.3, 0.4) is 0 Å². The van der Waals surface area contributed by atoms with Crippen molar-refractivity contribution in [2.45, 2.75) is 45.3 Å². The van der Waals surface area contributed by atoms with Gasteiger partial charge in [-0.15, -0.1) is 0 Å². The summed E-state index contributed by atoms with van der Waals surface area (Å²) in [4.78, 5) is 22.9. The molecule has 2 aromatic carbocycles. The summed E-state index contributed by atoms with van der Waals surface area (Å²) >= 11 is 0. The molecule has 1 fully saturated rings. The van der Waals surface area contributed by atoms with E-state index in [9.17, 15) is 4.79 Å². The second kappa shape index (κ2) is 10.6. The van der Waals surface area contributed by atoms with Crippen LogP contribution in [0.1, 0.15) is 37.3 Å². The number of fused-ring (bicyclic) bond motifs is 3. The molecule has 1 amide bonds. The molecule has 1 aliphatic heterocycles. The van der Waals surface area contributed by atoms with Crippen LogP contribution in [0.4, 0.5) is 11.8 Å². The first-order valence-electron chi connectivity index (χ1n) is 12.9. The van der Waals surface area contributed by atoms with E-state index in [-0.39, 0.29) is 17.9 Å². The average molecular weight is 502 g/mol. The number of hydrogen-bond acceptors (Lipinski definition) is 7. The molecule has 0 saturated carbocycles. The van der Waals surface area contributed by atoms with Crippen molar-refractivity contribution < 1.29 is 9.53 Å². The molecule has 37 heavy (non-hydrogen) atoms. The van der Waals surface area contributed by atoms with E-state index in [1.165, 1.54) is 0 Å². The van der Waals surface area contributed by atoms with Gasteiger partial charge in [-0.1, -0.05) is 37.6 Å². The van der Waals surface area contributed by atoms with Gasteiger partial charge in [0.15, 0.2) is 5.82 Å². The lowest BCUT2D eigenvalue weighted by molar-refractivity contribution is -0.126. The highest BCUT2D eigenvalue weighted by molar-refractivity contribution is 6.09. The highest BCUT2D eigenvalue weighted by atomic mass is 16.5. The third-order valence-electron chi connectivity index (χ3n) is 7.05. The molecule has 1 saturated heterocycles. The Labute approximate surface area is 217 Å². The monoisotopic (exact) mass is 501 g/mol. The molecule has 1 aliphatic rings. The molecular formula is C28H35N7O2. The van der Waals surface area contributed by atoms with Gasteiger partial charge in [-0.05, 0) is 30.2 Å². The maximum absolute atomic E-state index is 11.9. The van der Waals surface area contributed by atoms with E-state index in [1.54, 1.807) is 12.0 Å². The summed E-state index contributed by atoms with van der Waals surface area (Å²) in [5.74, 6) is 2.02. The molecular weight excluding hydrogens is 466 g/mol. The van der Waals surface area contributed by atoms with Gasteiger partial charge in [0.1, 0.15) is 16.8 Å². The second-order valence-corrected chi connectivity index (χ2v) is 9.71. The minimum absolute atomic E-state index is 0.166. The van der Waals surface area contributed by atoms with Crippen molar-refractivity contribution in [2.75, 3.05) is 38.3 Å². The number of carbonyl (C=O) groups is 1. The number of likely N-dealkylation sites (tertiary alicyclic amines) is 1. The molecule has 0 radical (unpaired) electrons. The van der Waals surface area contributed by atoms with Gasteiger partial charge in [0, 0.05) is 50.1 Å². The van der Waals surface area contributed by atoms with E-state index in [2.05, 4.69) is 56.4 Å². The molecule has 0 aliphatic carbocycles. The average Bonchev–Trinajstić information content (AvgIpc) is 3.39. The van der Waals surface area contributed by atoms with Crippen molar-refractivity contribution in [3.05, 3.63) is 53.6 Å². The summed E-state index contributed by atoms with van der Waals surface area (Å²) < 4.78 is 8.00. The number of aromatic nitrogens is 3. The number of carbonyl (C=O) groups excluding carboxylic acids is 1. The zero-order valence-electron chi connectivity index (χ0n) is 21.8. The van der Waals surface area contributed by atoms with Crippen LogP contribution in [0.25, 0.3) is 21.9 Å². The SMILES string of the molecule is CCCCNc1nc(N)nc2c3ccccc3n(Cc3cc(CNC4CC(=O)N(C)C4)ccc3OC)c12. The largest absolute Gasteiger partial charge is 0.496 e.